The molecule has 2 N–H and O–H groups in total. The number of fused-ring (bicyclic) bond motifs is 1. The van der Waals surface area contributed by atoms with Crippen LogP contribution in [0, 0.1) is 6.92 Å². The first-order valence-electron chi connectivity index (χ1n) is 7.68. The molecule has 0 bridgehead atoms. The Hall–Kier alpha value is -2.09. The number of hydrogen-bond donors (Lipinski definition) is 1. The van der Waals surface area contributed by atoms with E-state index in [0.717, 1.165) is 21.7 Å². The Morgan fingerprint density at radius 2 is 1.84 bits per heavy atom. The zero-order valence-electron chi connectivity index (χ0n) is 13.7. The van der Waals surface area contributed by atoms with Crippen molar-refractivity contribution < 1.29 is 13.2 Å². The number of sulfonamides is 1. The summed E-state index contributed by atoms with van der Waals surface area (Å²) in [6.45, 7) is 2.57. The molecule has 7 heteroatoms. The Balaban J connectivity index is 1.57. The second-order valence-corrected chi connectivity index (χ2v) is 8.18. The molecule has 0 aliphatic carbocycles. The highest BCUT2D eigenvalue weighted by molar-refractivity contribution is 7.99. The van der Waals surface area contributed by atoms with Crippen molar-refractivity contribution in [2.45, 2.75) is 16.8 Å². The van der Waals surface area contributed by atoms with Crippen molar-refractivity contribution in [1.82, 2.24) is 4.98 Å². The standard InChI is InChI=1S/C18H18N2O3S2/c1-13-12-18(20-17-5-3-2-4-16(13)17)24-11-10-23-14-6-8-15(9-7-14)25(19,21)22/h2-9,12H,10-11H2,1H3,(H2,19,21,22). The van der Waals surface area contributed by atoms with Gasteiger partial charge in [0.1, 0.15) is 5.75 Å². The maximum Gasteiger partial charge on any atom is 0.238 e. The maximum atomic E-state index is 11.2. The third-order valence-electron chi connectivity index (χ3n) is 3.65. The molecule has 0 aliphatic rings. The number of primary sulfonamides is 1. The number of benzene rings is 2. The van der Waals surface area contributed by atoms with Crippen LogP contribution in [0.1, 0.15) is 5.56 Å². The number of para-hydroxylation sites is 1. The van der Waals surface area contributed by atoms with Crippen molar-refractivity contribution in [2.24, 2.45) is 5.14 Å². The summed E-state index contributed by atoms with van der Waals surface area (Å²) < 4.78 is 28.0. The molecule has 3 rings (SSSR count). The molecule has 2 aromatic carbocycles. The zero-order valence-corrected chi connectivity index (χ0v) is 15.3. The van der Waals surface area contributed by atoms with E-state index in [1.54, 1.807) is 23.9 Å². The average molecular weight is 374 g/mol. The number of pyridine rings is 1. The number of nitrogens with zero attached hydrogens (tertiary/aromatic N) is 1. The second-order valence-electron chi connectivity index (χ2n) is 5.51. The topological polar surface area (TPSA) is 82.3 Å². The van der Waals surface area contributed by atoms with Crippen LogP contribution >= 0.6 is 11.8 Å². The number of hydrogen-bond acceptors (Lipinski definition) is 5. The van der Waals surface area contributed by atoms with Gasteiger partial charge in [0.2, 0.25) is 10.0 Å². The Morgan fingerprint density at radius 1 is 1.12 bits per heavy atom. The fraction of sp³-hybridized carbons (Fsp3) is 0.167. The summed E-state index contributed by atoms with van der Waals surface area (Å²) in [5.74, 6) is 1.34. The number of ether oxygens (including phenoxy) is 1. The summed E-state index contributed by atoms with van der Waals surface area (Å²) in [6, 6.07) is 16.2. The van der Waals surface area contributed by atoms with E-state index in [1.165, 1.54) is 17.7 Å². The molecule has 1 aromatic heterocycles. The summed E-state index contributed by atoms with van der Waals surface area (Å²) in [6.07, 6.45) is 0. The van der Waals surface area contributed by atoms with E-state index in [0.29, 0.717) is 12.4 Å². The van der Waals surface area contributed by atoms with Crippen molar-refractivity contribution in [3.05, 3.63) is 60.2 Å². The lowest BCUT2D eigenvalue weighted by Crippen LogP contribution is -2.11. The first-order valence-corrected chi connectivity index (χ1v) is 10.2. The zero-order chi connectivity index (χ0) is 17.9. The van der Waals surface area contributed by atoms with Gasteiger partial charge in [0.05, 0.1) is 22.0 Å². The van der Waals surface area contributed by atoms with Crippen molar-refractivity contribution in [2.75, 3.05) is 12.4 Å². The first kappa shape index (κ1) is 17.7. The van der Waals surface area contributed by atoms with Crippen LogP contribution in [0.5, 0.6) is 5.75 Å². The van der Waals surface area contributed by atoms with E-state index in [-0.39, 0.29) is 4.90 Å². The molecule has 130 valence electrons. The highest BCUT2D eigenvalue weighted by Gasteiger charge is 2.07. The van der Waals surface area contributed by atoms with Crippen LogP contribution in [0.25, 0.3) is 10.9 Å². The number of nitrogens with two attached hydrogens (primary N) is 1. The smallest absolute Gasteiger partial charge is 0.238 e. The number of rotatable bonds is 6. The van der Waals surface area contributed by atoms with E-state index in [1.807, 2.05) is 18.2 Å². The largest absolute Gasteiger partial charge is 0.493 e. The van der Waals surface area contributed by atoms with Gasteiger partial charge < -0.3 is 4.74 Å². The molecular weight excluding hydrogens is 356 g/mol. The minimum absolute atomic E-state index is 0.0741. The minimum Gasteiger partial charge on any atom is -0.493 e. The predicted octanol–water partition coefficient (Wildman–Crippen LogP) is 3.36. The van der Waals surface area contributed by atoms with Gasteiger partial charge in [-0.25, -0.2) is 18.5 Å². The SMILES string of the molecule is Cc1cc(SCCOc2ccc(S(N)(=O)=O)cc2)nc2ccccc12. The van der Waals surface area contributed by atoms with Gasteiger partial charge in [0.15, 0.2) is 0 Å². The minimum atomic E-state index is -3.67. The summed E-state index contributed by atoms with van der Waals surface area (Å²) in [5, 5.41) is 7.19. The van der Waals surface area contributed by atoms with E-state index in [2.05, 4.69) is 24.0 Å². The van der Waals surface area contributed by atoms with E-state index >= 15 is 0 Å². The molecule has 1 heterocycles. The normalized spacial score (nSPS) is 11.6. The van der Waals surface area contributed by atoms with Crippen LogP contribution < -0.4 is 9.88 Å². The lowest BCUT2D eigenvalue weighted by molar-refractivity contribution is 0.343. The van der Waals surface area contributed by atoms with Crippen LogP contribution in [0.4, 0.5) is 0 Å². The molecule has 0 saturated carbocycles. The molecule has 0 unspecified atom stereocenters. The van der Waals surface area contributed by atoms with E-state index < -0.39 is 10.0 Å². The third kappa shape index (κ3) is 4.50. The van der Waals surface area contributed by atoms with Gasteiger partial charge >= 0.3 is 0 Å². The summed E-state index contributed by atoms with van der Waals surface area (Å²) in [4.78, 5) is 4.72. The molecule has 5 nitrogen and oxygen atoms in total. The van der Waals surface area contributed by atoms with Crippen LogP contribution in [0.3, 0.4) is 0 Å². The molecular formula is C18H18N2O3S2. The molecule has 3 aromatic rings. The fourth-order valence-electron chi connectivity index (χ4n) is 2.42. The molecule has 0 spiro atoms. The maximum absolute atomic E-state index is 11.2. The van der Waals surface area contributed by atoms with Crippen LogP contribution in [0.15, 0.2) is 64.5 Å². The van der Waals surface area contributed by atoms with Crippen LogP contribution in [-0.4, -0.2) is 25.8 Å². The summed E-state index contributed by atoms with van der Waals surface area (Å²) in [5.41, 5.74) is 2.19. The Labute approximate surface area is 151 Å². The molecule has 0 fully saturated rings. The van der Waals surface area contributed by atoms with Gasteiger partial charge in [-0.15, -0.1) is 11.8 Å². The number of aryl methyl sites for hydroxylation is 1. The quantitative estimate of drug-likeness (QED) is 0.528. The number of aromatic nitrogens is 1. The fourth-order valence-corrected chi connectivity index (χ4v) is 3.74. The van der Waals surface area contributed by atoms with Gasteiger partial charge in [-0.1, -0.05) is 18.2 Å². The van der Waals surface area contributed by atoms with Gasteiger partial charge in [-0.05, 0) is 48.9 Å². The Morgan fingerprint density at radius 3 is 2.56 bits per heavy atom. The lowest BCUT2D eigenvalue weighted by atomic mass is 10.1. The van der Waals surface area contributed by atoms with Gasteiger partial charge in [0.25, 0.3) is 0 Å². The Kier molecular flexibility index (Phi) is 5.27. The monoisotopic (exact) mass is 374 g/mol. The first-order chi connectivity index (χ1) is 11.9. The number of thioether (sulfide) groups is 1. The summed E-state index contributed by atoms with van der Waals surface area (Å²) >= 11 is 1.62. The molecule has 25 heavy (non-hydrogen) atoms. The highest BCUT2D eigenvalue weighted by Crippen LogP contribution is 2.23. The van der Waals surface area contributed by atoms with E-state index in [9.17, 15) is 8.42 Å². The second kappa shape index (κ2) is 7.43. The van der Waals surface area contributed by atoms with E-state index in [4.69, 9.17) is 9.88 Å². The van der Waals surface area contributed by atoms with Crippen LogP contribution in [0.2, 0.25) is 0 Å². The van der Waals surface area contributed by atoms with Gasteiger partial charge in [-0.2, -0.15) is 0 Å². The van der Waals surface area contributed by atoms with Gasteiger partial charge in [-0.3, -0.25) is 0 Å². The molecule has 0 amide bonds. The average Bonchev–Trinajstić information content (AvgIpc) is 2.58. The molecule has 0 aliphatic heterocycles. The van der Waals surface area contributed by atoms with Crippen LogP contribution in [-0.2, 0) is 10.0 Å². The summed E-state index contributed by atoms with van der Waals surface area (Å²) in [7, 11) is -3.67. The molecule has 0 atom stereocenters. The van der Waals surface area contributed by atoms with Crippen molar-refractivity contribution in [1.29, 1.82) is 0 Å². The molecule has 0 saturated heterocycles. The van der Waals surface area contributed by atoms with Gasteiger partial charge in [0, 0.05) is 11.1 Å². The van der Waals surface area contributed by atoms with Crippen molar-refractivity contribution in [3.8, 4) is 5.75 Å². The predicted molar refractivity (Wildman–Crippen MR) is 101 cm³/mol. The third-order valence-corrected chi connectivity index (χ3v) is 5.46. The molecule has 0 radical (unpaired) electrons. The Bertz CT molecular complexity index is 987. The van der Waals surface area contributed by atoms with Crippen molar-refractivity contribution in [3.63, 3.8) is 0 Å². The van der Waals surface area contributed by atoms with Crippen molar-refractivity contribution >= 4 is 32.7 Å². The lowest BCUT2D eigenvalue weighted by Gasteiger charge is -2.08. The highest BCUT2D eigenvalue weighted by atomic mass is 32.2.